The summed E-state index contributed by atoms with van der Waals surface area (Å²) in [7, 11) is 0. The van der Waals surface area contributed by atoms with Gasteiger partial charge in [0, 0.05) is 13.1 Å². The van der Waals surface area contributed by atoms with Crippen LogP contribution in [0.5, 0.6) is 0 Å². The number of hydrogen-bond donors (Lipinski definition) is 0. The summed E-state index contributed by atoms with van der Waals surface area (Å²) in [6.07, 6.45) is -0.284. The van der Waals surface area contributed by atoms with Gasteiger partial charge in [-0.2, -0.15) is 5.06 Å². The summed E-state index contributed by atoms with van der Waals surface area (Å²) in [6, 6.07) is 9.26. The molecule has 1 saturated heterocycles. The van der Waals surface area contributed by atoms with Crippen molar-refractivity contribution in [1.82, 2.24) is 9.96 Å². The maximum atomic E-state index is 13.0. The SMILES string of the molecule is CCN=C1N(Cc2ccccc2)CC(=O)[C@H](CC(C)C)N1OC(=O)OC(C)(C)C. The molecule has 1 aliphatic rings. The molecule has 7 heteroatoms. The minimum Gasteiger partial charge on any atom is -0.427 e. The summed E-state index contributed by atoms with van der Waals surface area (Å²) in [4.78, 5) is 37.4. The molecule has 0 bridgehead atoms. The van der Waals surface area contributed by atoms with Gasteiger partial charge < -0.3 is 14.5 Å². The lowest BCUT2D eigenvalue weighted by Gasteiger charge is -2.41. The molecule has 0 spiro atoms. The molecule has 7 nitrogen and oxygen atoms in total. The van der Waals surface area contributed by atoms with Crippen LogP contribution < -0.4 is 0 Å². The molecule has 0 aliphatic carbocycles. The smallest absolute Gasteiger partial charge is 0.427 e. The Hall–Kier alpha value is -2.57. The van der Waals surface area contributed by atoms with Gasteiger partial charge in [-0.15, -0.1) is 0 Å². The fourth-order valence-electron chi connectivity index (χ4n) is 3.14. The van der Waals surface area contributed by atoms with E-state index in [1.807, 2.05) is 56.0 Å². The monoisotopic (exact) mass is 403 g/mol. The topological polar surface area (TPSA) is 71.4 Å². The van der Waals surface area contributed by atoms with E-state index in [9.17, 15) is 9.59 Å². The molecule has 1 aromatic carbocycles. The normalized spacial score (nSPS) is 19.1. The highest BCUT2D eigenvalue weighted by Gasteiger charge is 2.41. The zero-order valence-electron chi connectivity index (χ0n) is 18.3. The average molecular weight is 404 g/mol. The maximum absolute atomic E-state index is 13.0. The van der Waals surface area contributed by atoms with E-state index in [0.717, 1.165) is 5.56 Å². The van der Waals surface area contributed by atoms with Crippen LogP contribution in [-0.2, 0) is 20.9 Å². The first-order valence-electron chi connectivity index (χ1n) is 10.2. The minimum atomic E-state index is -0.843. The molecule has 1 heterocycles. The molecule has 1 fully saturated rings. The molecule has 1 aromatic rings. The molecule has 1 aliphatic heterocycles. The van der Waals surface area contributed by atoms with E-state index in [2.05, 4.69) is 4.99 Å². The Bertz CT molecular complexity index is 725. The minimum absolute atomic E-state index is 0.00626. The van der Waals surface area contributed by atoms with Gasteiger partial charge in [0.1, 0.15) is 11.6 Å². The number of ketones is 1. The summed E-state index contributed by atoms with van der Waals surface area (Å²) in [5.74, 6) is 0.720. The number of carbonyl (C=O) groups is 2. The Balaban J connectivity index is 2.34. The number of ether oxygens (including phenoxy) is 1. The van der Waals surface area contributed by atoms with Crippen LogP contribution in [0.25, 0.3) is 0 Å². The lowest BCUT2D eigenvalue weighted by Crippen LogP contribution is -2.60. The van der Waals surface area contributed by atoms with Crippen LogP contribution >= 0.6 is 0 Å². The summed E-state index contributed by atoms with van der Waals surface area (Å²) in [6.45, 7) is 12.5. The molecule has 0 aromatic heterocycles. The van der Waals surface area contributed by atoms with Crippen LogP contribution in [0.1, 0.15) is 53.5 Å². The van der Waals surface area contributed by atoms with Crippen molar-refractivity contribution in [3.05, 3.63) is 35.9 Å². The van der Waals surface area contributed by atoms with Crippen molar-refractivity contribution >= 4 is 17.9 Å². The van der Waals surface area contributed by atoms with Crippen molar-refractivity contribution in [3.63, 3.8) is 0 Å². The number of aliphatic imine (C=N–C) groups is 1. The third-order valence-corrected chi connectivity index (χ3v) is 4.25. The van der Waals surface area contributed by atoms with Crippen LogP contribution in [0.4, 0.5) is 4.79 Å². The lowest BCUT2D eigenvalue weighted by atomic mass is 9.98. The van der Waals surface area contributed by atoms with E-state index < -0.39 is 17.8 Å². The van der Waals surface area contributed by atoms with Gasteiger partial charge >= 0.3 is 6.16 Å². The molecular formula is C22H33N3O4. The molecule has 29 heavy (non-hydrogen) atoms. The highest BCUT2D eigenvalue weighted by atomic mass is 16.8. The highest BCUT2D eigenvalue weighted by molar-refractivity contribution is 5.97. The van der Waals surface area contributed by atoms with Gasteiger partial charge in [-0.1, -0.05) is 44.2 Å². The predicted octanol–water partition coefficient (Wildman–Crippen LogP) is 4.03. The number of benzene rings is 1. The molecule has 0 unspecified atom stereocenters. The first-order valence-corrected chi connectivity index (χ1v) is 10.2. The quantitative estimate of drug-likeness (QED) is 0.668. The molecule has 0 radical (unpaired) electrons. The fraction of sp³-hybridized carbons (Fsp3) is 0.591. The number of Topliss-reactive ketones (excluding diaryl/α,β-unsaturated/α-hetero) is 1. The predicted molar refractivity (Wildman–Crippen MR) is 112 cm³/mol. The molecule has 0 N–H and O–H groups in total. The molecule has 1 atom stereocenters. The fourth-order valence-corrected chi connectivity index (χ4v) is 3.14. The molecule has 2 rings (SSSR count). The Kier molecular flexibility index (Phi) is 7.65. The number of hydroxylamine groups is 2. The van der Waals surface area contributed by atoms with Gasteiger partial charge in [-0.05, 0) is 45.6 Å². The Morgan fingerprint density at radius 1 is 1.24 bits per heavy atom. The lowest BCUT2D eigenvalue weighted by molar-refractivity contribution is -0.156. The van der Waals surface area contributed by atoms with Crippen molar-refractivity contribution in [1.29, 1.82) is 0 Å². The largest absolute Gasteiger partial charge is 0.534 e. The van der Waals surface area contributed by atoms with E-state index in [1.54, 1.807) is 20.8 Å². The van der Waals surface area contributed by atoms with E-state index >= 15 is 0 Å². The number of carbonyl (C=O) groups excluding carboxylic acids is 2. The second kappa shape index (κ2) is 9.76. The number of guanidine groups is 1. The Morgan fingerprint density at radius 2 is 1.90 bits per heavy atom. The molecule has 0 amide bonds. The van der Waals surface area contributed by atoms with Crippen LogP contribution in [0.2, 0.25) is 0 Å². The summed E-state index contributed by atoms with van der Waals surface area (Å²) >= 11 is 0. The van der Waals surface area contributed by atoms with Crippen molar-refractivity contribution in [3.8, 4) is 0 Å². The zero-order chi connectivity index (χ0) is 21.6. The van der Waals surface area contributed by atoms with Gasteiger partial charge in [-0.25, -0.2) is 4.79 Å². The van der Waals surface area contributed by atoms with Crippen LogP contribution in [0.3, 0.4) is 0 Å². The van der Waals surface area contributed by atoms with Gasteiger partial charge in [0.05, 0.1) is 6.54 Å². The van der Waals surface area contributed by atoms with Crippen LogP contribution in [0.15, 0.2) is 35.3 Å². The first-order chi connectivity index (χ1) is 13.6. The van der Waals surface area contributed by atoms with E-state index in [-0.39, 0.29) is 18.2 Å². The van der Waals surface area contributed by atoms with Crippen molar-refractivity contribution in [2.75, 3.05) is 13.1 Å². The second-order valence-corrected chi connectivity index (χ2v) is 8.61. The van der Waals surface area contributed by atoms with Crippen LogP contribution in [0, 0.1) is 5.92 Å². The highest BCUT2D eigenvalue weighted by Crippen LogP contribution is 2.23. The summed E-state index contributed by atoms with van der Waals surface area (Å²) in [5.41, 5.74) is 0.347. The number of hydrogen-bond acceptors (Lipinski definition) is 5. The Morgan fingerprint density at radius 3 is 2.45 bits per heavy atom. The van der Waals surface area contributed by atoms with Gasteiger partial charge in [0.25, 0.3) is 0 Å². The van der Waals surface area contributed by atoms with Crippen LogP contribution in [-0.4, -0.2) is 52.6 Å². The van der Waals surface area contributed by atoms with E-state index in [1.165, 1.54) is 5.06 Å². The van der Waals surface area contributed by atoms with E-state index in [4.69, 9.17) is 9.57 Å². The standard InChI is InChI=1S/C22H33N3O4/c1-7-23-20-24(14-17-11-9-8-10-12-17)15-19(26)18(13-16(2)3)25(20)29-21(27)28-22(4,5)6/h8-12,16,18H,7,13-15H2,1-6H3/t18-/m0/s1. The third kappa shape index (κ3) is 6.76. The Labute approximate surface area is 173 Å². The van der Waals surface area contributed by atoms with Crippen molar-refractivity contribution in [2.45, 2.75) is 66.2 Å². The molecule has 160 valence electrons. The zero-order valence-corrected chi connectivity index (χ0v) is 18.3. The summed E-state index contributed by atoms with van der Waals surface area (Å²) in [5, 5.41) is 1.35. The molecular weight excluding hydrogens is 370 g/mol. The number of nitrogens with zero attached hydrogens (tertiary/aromatic N) is 3. The van der Waals surface area contributed by atoms with Crippen molar-refractivity contribution < 1.29 is 19.2 Å². The molecule has 0 saturated carbocycles. The van der Waals surface area contributed by atoms with Crippen molar-refractivity contribution in [2.24, 2.45) is 10.9 Å². The first kappa shape index (κ1) is 22.7. The van der Waals surface area contributed by atoms with Gasteiger partial charge in [0.15, 0.2) is 5.78 Å². The third-order valence-electron chi connectivity index (χ3n) is 4.25. The average Bonchev–Trinajstić information content (AvgIpc) is 2.60. The van der Waals surface area contributed by atoms with Gasteiger partial charge in [-0.3, -0.25) is 9.79 Å². The maximum Gasteiger partial charge on any atom is 0.534 e. The second-order valence-electron chi connectivity index (χ2n) is 8.61. The van der Waals surface area contributed by atoms with E-state index in [0.29, 0.717) is 25.5 Å². The summed E-state index contributed by atoms with van der Waals surface area (Å²) < 4.78 is 5.32. The van der Waals surface area contributed by atoms with Gasteiger partial charge in [0.2, 0.25) is 5.96 Å². The number of rotatable bonds is 6.